The third kappa shape index (κ3) is 2.05. The first-order chi connectivity index (χ1) is 16.4. The minimum Gasteiger partial charge on any atom is -0.480 e. The SMILES string of the molecule is O=C(O)CN1C(=O)c2ccc3c4ccc5c6c(ccc(c7ccc(c2c37)C1=O)c64)C(=O)OC5=O. The second kappa shape index (κ2) is 5.93. The van der Waals surface area contributed by atoms with E-state index in [0.29, 0.717) is 27.3 Å². The molecular formula is C26H11NO7. The monoisotopic (exact) mass is 449 g/mol. The molecule has 0 bridgehead atoms. The van der Waals surface area contributed by atoms with Crippen LogP contribution in [0.15, 0.2) is 48.5 Å². The predicted molar refractivity (Wildman–Crippen MR) is 120 cm³/mol. The van der Waals surface area contributed by atoms with Gasteiger partial charge in [-0.15, -0.1) is 0 Å². The van der Waals surface area contributed by atoms with Crippen LogP contribution in [0.2, 0.25) is 0 Å². The van der Waals surface area contributed by atoms with E-state index >= 15 is 0 Å². The number of nitrogens with zero attached hydrogens (tertiary/aromatic N) is 1. The molecule has 0 unspecified atom stereocenters. The lowest BCUT2D eigenvalue weighted by Crippen LogP contribution is -2.43. The van der Waals surface area contributed by atoms with Gasteiger partial charge in [0.2, 0.25) is 0 Å². The highest BCUT2D eigenvalue weighted by Crippen LogP contribution is 2.45. The van der Waals surface area contributed by atoms with Crippen molar-refractivity contribution in [1.82, 2.24) is 4.90 Å². The Morgan fingerprint density at radius 1 is 0.618 bits per heavy atom. The molecule has 2 amide bonds. The third-order valence-corrected chi connectivity index (χ3v) is 6.77. The minimum atomic E-state index is -1.28. The van der Waals surface area contributed by atoms with Gasteiger partial charge in [-0.05, 0) is 56.6 Å². The number of imide groups is 1. The third-order valence-electron chi connectivity index (χ3n) is 6.77. The minimum absolute atomic E-state index is 0.254. The summed E-state index contributed by atoms with van der Waals surface area (Å²) in [5.74, 6) is -4.00. The van der Waals surface area contributed by atoms with Crippen LogP contribution in [-0.4, -0.2) is 46.3 Å². The van der Waals surface area contributed by atoms with Crippen molar-refractivity contribution < 1.29 is 33.8 Å². The van der Waals surface area contributed by atoms with Crippen LogP contribution in [0.3, 0.4) is 0 Å². The molecule has 0 saturated carbocycles. The number of benzene rings is 5. The van der Waals surface area contributed by atoms with Crippen LogP contribution in [0.1, 0.15) is 41.4 Å². The molecule has 2 aliphatic heterocycles. The molecule has 0 aliphatic carbocycles. The number of carbonyl (C=O) groups is 5. The summed E-state index contributed by atoms with van der Waals surface area (Å²) < 4.78 is 4.88. The molecule has 2 aliphatic rings. The Morgan fingerprint density at radius 2 is 1.00 bits per heavy atom. The van der Waals surface area contributed by atoms with Gasteiger partial charge in [-0.3, -0.25) is 19.3 Å². The lowest BCUT2D eigenvalue weighted by Gasteiger charge is -2.27. The average Bonchev–Trinajstić information content (AvgIpc) is 2.82. The Labute approximate surface area is 189 Å². The fourth-order valence-electron chi connectivity index (χ4n) is 5.44. The Bertz CT molecular complexity index is 1750. The summed E-state index contributed by atoms with van der Waals surface area (Å²) in [4.78, 5) is 62.9. The zero-order chi connectivity index (χ0) is 23.5. The number of carboxylic acid groups (broad SMARTS) is 1. The topological polar surface area (TPSA) is 118 Å². The first kappa shape index (κ1) is 18.7. The molecule has 5 aromatic carbocycles. The van der Waals surface area contributed by atoms with E-state index in [1.807, 2.05) is 0 Å². The maximum absolute atomic E-state index is 13.1. The van der Waals surface area contributed by atoms with Crippen molar-refractivity contribution in [2.75, 3.05) is 6.54 Å². The van der Waals surface area contributed by atoms with Crippen molar-refractivity contribution >= 4 is 72.8 Å². The Hall–Kier alpha value is -4.85. The number of carbonyl (C=O) groups excluding carboxylic acids is 4. The molecule has 1 N–H and O–H groups in total. The smallest absolute Gasteiger partial charge is 0.346 e. The van der Waals surface area contributed by atoms with Gasteiger partial charge in [-0.1, -0.05) is 24.3 Å². The van der Waals surface area contributed by atoms with Gasteiger partial charge < -0.3 is 9.84 Å². The summed E-state index contributed by atoms with van der Waals surface area (Å²) in [6.07, 6.45) is 0. The molecule has 0 spiro atoms. The van der Waals surface area contributed by atoms with Crippen LogP contribution in [0, 0.1) is 0 Å². The highest BCUT2D eigenvalue weighted by atomic mass is 16.6. The van der Waals surface area contributed by atoms with Crippen LogP contribution in [-0.2, 0) is 9.53 Å². The number of carboxylic acids is 1. The molecule has 8 nitrogen and oxygen atoms in total. The molecule has 34 heavy (non-hydrogen) atoms. The maximum atomic E-state index is 13.1. The van der Waals surface area contributed by atoms with Crippen molar-refractivity contribution in [1.29, 1.82) is 0 Å². The van der Waals surface area contributed by atoms with Gasteiger partial charge in [0.1, 0.15) is 6.54 Å². The fraction of sp³-hybridized carbons (Fsp3) is 0.0385. The number of fused-ring (bicyclic) bond motifs is 2. The summed E-state index contributed by atoms with van der Waals surface area (Å²) in [7, 11) is 0. The van der Waals surface area contributed by atoms with E-state index < -0.39 is 36.3 Å². The lowest BCUT2D eigenvalue weighted by molar-refractivity contribution is -0.137. The van der Waals surface area contributed by atoms with Crippen LogP contribution in [0.4, 0.5) is 0 Å². The largest absolute Gasteiger partial charge is 0.480 e. The van der Waals surface area contributed by atoms with Crippen LogP contribution in [0.5, 0.6) is 0 Å². The normalized spacial score (nSPS) is 15.2. The highest BCUT2D eigenvalue weighted by molar-refractivity contribution is 6.40. The van der Waals surface area contributed by atoms with E-state index in [4.69, 9.17) is 4.74 Å². The van der Waals surface area contributed by atoms with Crippen molar-refractivity contribution in [3.8, 4) is 0 Å². The summed E-state index contributed by atoms with van der Waals surface area (Å²) in [6.45, 7) is -0.722. The van der Waals surface area contributed by atoms with E-state index in [0.717, 1.165) is 31.8 Å². The van der Waals surface area contributed by atoms with E-state index in [-0.39, 0.29) is 11.1 Å². The summed E-state index contributed by atoms with van der Waals surface area (Å²) in [5.41, 5.74) is 1.12. The van der Waals surface area contributed by atoms with Crippen LogP contribution in [0.25, 0.3) is 43.1 Å². The number of hydrogen-bond donors (Lipinski definition) is 1. The van der Waals surface area contributed by atoms with Crippen molar-refractivity contribution in [2.45, 2.75) is 0 Å². The molecular weight excluding hydrogens is 438 g/mol. The Kier molecular flexibility index (Phi) is 3.26. The van der Waals surface area contributed by atoms with Gasteiger partial charge in [-0.25, -0.2) is 9.59 Å². The van der Waals surface area contributed by atoms with Crippen LogP contribution >= 0.6 is 0 Å². The Morgan fingerprint density at radius 3 is 1.41 bits per heavy atom. The average molecular weight is 449 g/mol. The van der Waals surface area contributed by atoms with Crippen molar-refractivity contribution in [3.63, 3.8) is 0 Å². The van der Waals surface area contributed by atoms with Crippen molar-refractivity contribution in [2.24, 2.45) is 0 Å². The maximum Gasteiger partial charge on any atom is 0.346 e. The number of amides is 2. The zero-order valence-corrected chi connectivity index (χ0v) is 17.2. The molecule has 0 radical (unpaired) electrons. The van der Waals surface area contributed by atoms with Gasteiger partial charge in [0.05, 0.1) is 11.1 Å². The van der Waals surface area contributed by atoms with Crippen molar-refractivity contribution in [3.05, 3.63) is 70.8 Å². The standard InChI is InChI=1S/C26H11NO7/c28-18(29)9-27-23(30)14-5-1-10-12-3-7-16-22-17(26(33)34-25(16)32)8-4-13(20(12)22)11-2-6-15(24(27)31)21(14)19(10)11/h1-8H,9H2,(H,28,29). The summed E-state index contributed by atoms with van der Waals surface area (Å²) in [6, 6.07) is 13.5. The molecule has 8 heteroatoms. The zero-order valence-electron chi connectivity index (χ0n) is 17.2. The van der Waals surface area contributed by atoms with Gasteiger partial charge in [0.15, 0.2) is 0 Å². The first-order valence-corrected chi connectivity index (χ1v) is 10.4. The van der Waals surface area contributed by atoms with Crippen LogP contribution < -0.4 is 0 Å². The van der Waals surface area contributed by atoms with Gasteiger partial charge in [0.25, 0.3) is 11.8 Å². The molecule has 0 atom stereocenters. The number of esters is 2. The second-order valence-corrected chi connectivity index (χ2v) is 8.41. The molecule has 2 heterocycles. The Balaban J connectivity index is 1.67. The molecule has 0 fully saturated rings. The summed E-state index contributed by atoms with van der Waals surface area (Å²) in [5, 5.41) is 14.6. The van der Waals surface area contributed by atoms with Gasteiger partial charge in [0, 0.05) is 21.9 Å². The van der Waals surface area contributed by atoms with E-state index in [9.17, 15) is 29.1 Å². The lowest BCUT2D eigenvalue weighted by atomic mass is 9.83. The highest BCUT2D eigenvalue weighted by Gasteiger charge is 2.36. The van der Waals surface area contributed by atoms with Gasteiger partial charge in [-0.2, -0.15) is 0 Å². The molecule has 5 aromatic rings. The second-order valence-electron chi connectivity index (χ2n) is 8.41. The molecule has 162 valence electrons. The number of hydrogen-bond acceptors (Lipinski definition) is 6. The van der Waals surface area contributed by atoms with E-state index in [2.05, 4.69) is 0 Å². The number of aliphatic carboxylic acids is 1. The van der Waals surface area contributed by atoms with E-state index in [1.54, 1.807) is 48.5 Å². The first-order valence-electron chi connectivity index (χ1n) is 10.4. The molecule has 0 aromatic heterocycles. The quantitative estimate of drug-likeness (QED) is 0.143. The summed E-state index contributed by atoms with van der Waals surface area (Å²) >= 11 is 0. The van der Waals surface area contributed by atoms with E-state index in [1.165, 1.54) is 0 Å². The predicted octanol–water partition coefficient (Wildman–Crippen LogP) is 3.73. The number of cyclic esters (lactones) is 2. The molecule has 0 saturated heterocycles. The molecule has 7 rings (SSSR count). The number of rotatable bonds is 2. The number of ether oxygens (including phenoxy) is 1. The fourth-order valence-corrected chi connectivity index (χ4v) is 5.44. The van der Waals surface area contributed by atoms with Gasteiger partial charge >= 0.3 is 17.9 Å².